The molecule has 0 radical (unpaired) electrons. The molecule has 0 spiro atoms. The van der Waals surface area contributed by atoms with Crippen LogP contribution in [0.5, 0.6) is 5.75 Å². The lowest BCUT2D eigenvalue weighted by molar-refractivity contribution is -0.149. The minimum absolute atomic E-state index is 0.120. The molecule has 2 aromatic rings. The van der Waals surface area contributed by atoms with Crippen LogP contribution in [0.3, 0.4) is 0 Å². The van der Waals surface area contributed by atoms with Crippen LogP contribution in [0.2, 0.25) is 5.02 Å². The molecule has 4 rings (SSSR count). The number of carbonyl (C=O) groups is 1. The van der Waals surface area contributed by atoms with Crippen LogP contribution in [-0.2, 0) is 10.5 Å². The van der Waals surface area contributed by atoms with E-state index in [2.05, 4.69) is 6.07 Å². The van der Waals surface area contributed by atoms with E-state index in [9.17, 15) is 15.2 Å². The highest BCUT2D eigenvalue weighted by molar-refractivity contribution is 8.03. The number of nitrogens with zero attached hydrogens (tertiary/aromatic N) is 2. The Hall–Kier alpha value is -2.46. The Bertz CT molecular complexity index is 998. The van der Waals surface area contributed by atoms with Gasteiger partial charge in [-0.05, 0) is 29.8 Å². The number of benzene rings is 2. The van der Waals surface area contributed by atoms with Gasteiger partial charge in [0, 0.05) is 22.9 Å². The summed E-state index contributed by atoms with van der Waals surface area (Å²) in [6.07, 6.45) is 0.120. The quantitative estimate of drug-likeness (QED) is 0.825. The molecule has 0 aromatic heterocycles. The van der Waals surface area contributed by atoms with Gasteiger partial charge in [0.1, 0.15) is 5.75 Å². The van der Waals surface area contributed by atoms with Gasteiger partial charge in [0.05, 0.1) is 29.5 Å². The number of rotatable bonds is 3. The van der Waals surface area contributed by atoms with Crippen LogP contribution in [0.15, 0.2) is 59.1 Å². The number of nitriles is 1. The Kier molecular flexibility index (Phi) is 4.84. The Balaban J connectivity index is 1.77. The molecule has 1 amide bonds. The number of carbonyl (C=O) groups excluding carboxylic acids is 1. The van der Waals surface area contributed by atoms with Gasteiger partial charge in [0.25, 0.3) is 0 Å². The second kappa shape index (κ2) is 7.17. The van der Waals surface area contributed by atoms with Gasteiger partial charge in [-0.2, -0.15) is 5.26 Å². The third-order valence-corrected chi connectivity index (χ3v) is 6.61. The van der Waals surface area contributed by atoms with Crippen LogP contribution in [0.1, 0.15) is 23.5 Å². The fourth-order valence-electron chi connectivity index (χ4n) is 3.68. The number of methoxy groups -OCH3 is 1. The van der Waals surface area contributed by atoms with E-state index in [1.807, 2.05) is 24.3 Å². The molecule has 1 N–H and O–H groups in total. The van der Waals surface area contributed by atoms with E-state index in [-0.39, 0.29) is 24.0 Å². The second-order valence-corrected chi connectivity index (χ2v) is 8.10. The highest BCUT2D eigenvalue weighted by atomic mass is 35.5. The summed E-state index contributed by atoms with van der Waals surface area (Å²) in [5.74, 6) is 0.425. The number of allylic oxidation sites excluding steroid dienone is 1. The molecule has 2 atom stereocenters. The molecule has 5 nitrogen and oxygen atoms in total. The van der Waals surface area contributed by atoms with Crippen molar-refractivity contribution in [3.05, 3.63) is 75.3 Å². The molecule has 2 heterocycles. The van der Waals surface area contributed by atoms with E-state index >= 15 is 0 Å². The molecule has 0 unspecified atom stereocenters. The maximum absolute atomic E-state index is 13.1. The van der Waals surface area contributed by atoms with E-state index in [0.717, 1.165) is 5.56 Å². The molecule has 142 valence electrons. The van der Waals surface area contributed by atoms with Crippen LogP contribution in [0, 0.1) is 11.3 Å². The van der Waals surface area contributed by atoms with Gasteiger partial charge in [-0.15, -0.1) is 11.8 Å². The average molecular weight is 413 g/mol. The van der Waals surface area contributed by atoms with Crippen LogP contribution in [0.4, 0.5) is 0 Å². The first kappa shape index (κ1) is 18.9. The number of hydrogen-bond acceptors (Lipinski definition) is 5. The summed E-state index contributed by atoms with van der Waals surface area (Å²) in [6.45, 7) is 0. The topological polar surface area (TPSA) is 73.6 Å². The summed E-state index contributed by atoms with van der Waals surface area (Å²) in [5.41, 5.74) is 0.460. The molecule has 28 heavy (non-hydrogen) atoms. The lowest BCUT2D eigenvalue weighted by Crippen LogP contribution is -2.48. The van der Waals surface area contributed by atoms with Crippen LogP contribution in [0.25, 0.3) is 0 Å². The smallest absolute Gasteiger partial charge is 0.231 e. The van der Waals surface area contributed by atoms with Gasteiger partial charge in [0.15, 0.2) is 5.72 Å². The van der Waals surface area contributed by atoms with Crippen molar-refractivity contribution in [2.45, 2.75) is 18.1 Å². The van der Waals surface area contributed by atoms with E-state index in [4.69, 9.17) is 16.3 Å². The van der Waals surface area contributed by atoms with Crippen molar-refractivity contribution >= 4 is 29.3 Å². The highest BCUT2D eigenvalue weighted by Crippen LogP contribution is 2.51. The van der Waals surface area contributed by atoms with Crippen molar-refractivity contribution in [1.29, 1.82) is 5.26 Å². The van der Waals surface area contributed by atoms with Crippen LogP contribution < -0.4 is 4.74 Å². The first-order valence-electron chi connectivity index (χ1n) is 8.70. The van der Waals surface area contributed by atoms with E-state index < -0.39 is 5.72 Å². The van der Waals surface area contributed by atoms with Crippen molar-refractivity contribution in [1.82, 2.24) is 4.90 Å². The maximum atomic E-state index is 13.1. The second-order valence-electron chi connectivity index (χ2n) is 6.70. The van der Waals surface area contributed by atoms with Gasteiger partial charge >= 0.3 is 0 Å². The summed E-state index contributed by atoms with van der Waals surface area (Å²) in [5, 5.41) is 22.3. The summed E-state index contributed by atoms with van der Waals surface area (Å²) >= 11 is 7.28. The molecule has 2 aliphatic rings. The Morgan fingerprint density at radius 3 is 2.54 bits per heavy atom. The van der Waals surface area contributed by atoms with Gasteiger partial charge in [0.2, 0.25) is 5.91 Å². The van der Waals surface area contributed by atoms with Crippen LogP contribution >= 0.6 is 23.4 Å². The molecule has 0 saturated carbocycles. The number of ether oxygens (including phenoxy) is 1. The first-order valence-corrected chi connectivity index (χ1v) is 10.1. The number of thioether (sulfide) groups is 1. The van der Waals surface area contributed by atoms with Crippen molar-refractivity contribution < 1.29 is 14.6 Å². The molecular weight excluding hydrogens is 396 g/mol. The lowest BCUT2D eigenvalue weighted by atomic mass is 9.85. The van der Waals surface area contributed by atoms with Crippen molar-refractivity contribution in [3.8, 4) is 11.8 Å². The van der Waals surface area contributed by atoms with Gasteiger partial charge in [-0.25, -0.2) is 0 Å². The summed E-state index contributed by atoms with van der Waals surface area (Å²) < 4.78 is 5.19. The van der Waals surface area contributed by atoms with Crippen LogP contribution in [-0.4, -0.2) is 28.8 Å². The zero-order valence-corrected chi connectivity index (χ0v) is 16.6. The number of halogens is 1. The number of aliphatic hydroxyl groups is 1. The minimum atomic E-state index is -1.49. The Morgan fingerprint density at radius 1 is 1.25 bits per heavy atom. The van der Waals surface area contributed by atoms with Crippen molar-refractivity contribution in [3.63, 3.8) is 0 Å². The lowest BCUT2D eigenvalue weighted by Gasteiger charge is -2.38. The summed E-state index contributed by atoms with van der Waals surface area (Å²) in [4.78, 5) is 14.4. The van der Waals surface area contributed by atoms with E-state index in [1.54, 1.807) is 31.4 Å². The molecular formula is C21H17ClN2O3S. The maximum Gasteiger partial charge on any atom is 0.231 e. The SMILES string of the molecule is COc1ccc([C@@H]2CC(=O)N3C(=C2C#N)SC[C@@]3(O)c2ccc(Cl)cc2)cc1. The largest absolute Gasteiger partial charge is 0.497 e. The number of amides is 1. The predicted molar refractivity (Wildman–Crippen MR) is 108 cm³/mol. The number of hydrogen-bond donors (Lipinski definition) is 1. The van der Waals surface area contributed by atoms with Gasteiger partial charge < -0.3 is 9.84 Å². The monoisotopic (exact) mass is 412 g/mol. The molecule has 0 bridgehead atoms. The third-order valence-electron chi connectivity index (χ3n) is 5.14. The summed E-state index contributed by atoms with van der Waals surface area (Å²) in [7, 11) is 1.59. The zero-order chi connectivity index (χ0) is 19.9. The normalized spacial score (nSPS) is 24.1. The fourth-order valence-corrected chi connectivity index (χ4v) is 5.16. The predicted octanol–water partition coefficient (Wildman–Crippen LogP) is 3.99. The van der Waals surface area contributed by atoms with Crippen molar-refractivity contribution in [2.24, 2.45) is 0 Å². The minimum Gasteiger partial charge on any atom is -0.497 e. The van der Waals surface area contributed by atoms with Gasteiger partial charge in [-0.1, -0.05) is 35.9 Å². The Labute approximate surface area is 172 Å². The summed E-state index contributed by atoms with van der Waals surface area (Å²) in [6, 6.07) is 16.4. The van der Waals surface area contributed by atoms with Gasteiger partial charge in [-0.3, -0.25) is 9.69 Å². The average Bonchev–Trinajstić information content (AvgIpc) is 3.07. The molecule has 0 aliphatic carbocycles. The first-order chi connectivity index (χ1) is 13.5. The number of fused-ring (bicyclic) bond motifs is 1. The molecule has 1 saturated heterocycles. The molecule has 7 heteroatoms. The third kappa shape index (κ3) is 2.96. The molecule has 2 aromatic carbocycles. The molecule has 1 fully saturated rings. The zero-order valence-electron chi connectivity index (χ0n) is 15.1. The highest BCUT2D eigenvalue weighted by Gasteiger charge is 2.51. The van der Waals surface area contributed by atoms with E-state index in [0.29, 0.717) is 26.9 Å². The van der Waals surface area contributed by atoms with Crippen molar-refractivity contribution in [2.75, 3.05) is 12.9 Å². The standard InChI is InChI=1S/C21H17ClN2O3S/c1-27-16-8-2-13(3-9-16)17-10-19(25)24-20(18(17)11-23)28-12-21(24,26)14-4-6-15(22)7-5-14/h2-9,17,26H,10,12H2,1H3/t17-,21+/m0/s1. The Morgan fingerprint density at radius 2 is 1.93 bits per heavy atom. The van der Waals surface area contributed by atoms with E-state index in [1.165, 1.54) is 16.7 Å². The molecule has 2 aliphatic heterocycles. The fraction of sp³-hybridized carbons (Fsp3) is 0.238.